The van der Waals surface area contributed by atoms with Crippen molar-refractivity contribution in [1.82, 2.24) is 29.7 Å². The fraction of sp³-hybridized carbons (Fsp3) is 0.459. The third-order valence-corrected chi connectivity index (χ3v) is 11.6. The van der Waals surface area contributed by atoms with Crippen LogP contribution in [0.4, 0.5) is 23.4 Å². The maximum atomic E-state index is 16.8. The van der Waals surface area contributed by atoms with Gasteiger partial charge in [-0.05, 0) is 44.3 Å². The monoisotopic (exact) mass is 723 g/mol. The summed E-state index contributed by atoms with van der Waals surface area (Å²) >= 11 is 6.40. The van der Waals surface area contributed by atoms with Crippen LogP contribution in [-0.2, 0) is 4.79 Å². The first-order chi connectivity index (χ1) is 24.5. The van der Waals surface area contributed by atoms with E-state index in [0.29, 0.717) is 23.7 Å². The molecule has 0 N–H and O–H groups in total. The number of halogens is 5. The van der Waals surface area contributed by atoms with Crippen LogP contribution in [0.5, 0.6) is 6.01 Å². The molecule has 14 heteroatoms. The average Bonchev–Trinajstić information content (AvgIpc) is 3.79. The van der Waals surface area contributed by atoms with Gasteiger partial charge in [-0.1, -0.05) is 41.9 Å². The topological polar surface area (TPSA) is 77.9 Å². The molecular formula is C37H38ClF4N7O2. The molecule has 1 amide bonds. The minimum atomic E-state index is -1.43. The zero-order valence-corrected chi connectivity index (χ0v) is 29.1. The number of carbonyl (C=O) groups excluding carboxylic acids is 1. The van der Waals surface area contributed by atoms with Gasteiger partial charge >= 0.3 is 6.01 Å². The summed E-state index contributed by atoms with van der Waals surface area (Å²) in [5, 5.41) is 0.922. The molecule has 0 bridgehead atoms. The van der Waals surface area contributed by atoms with Gasteiger partial charge in [0.05, 0.1) is 28.5 Å². The first-order valence-electron chi connectivity index (χ1n) is 17.3. The summed E-state index contributed by atoms with van der Waals surface area (Å²) in [6, 6.07) is 7.07. The molecule has 6 heterocycles. The number of nitrogens with zero attached hydrogens (tertiary/aromatic N) is 7. The lowest BCUT2D eigenvalue weighted by molar-refractivity contribution is -0.125. The predicted molar refractivity (Wildman–Crippen MR) is 188 cm³/mol. The molecular weight excluding hydrogens is 686 g/mol. The van der Waals surface area contributed by atoms with Gasteiger partial charge in [-0.15, -0.1) is 0 Å². The minimum absolute atomic E-state index is 0.0764. The van der Waals surface area contributed by atoms with Crippen molar-refractivity contribution >= 4 is 45.0 Å². The number of carbonyl (C=O) groups is 1. The largest absolute Gasteiger partial charge is 0.461 e. The number of alkyl halides is 2. The molecule has 51 heavy (non-hydrogen) atoms. The van der Waals surface area contributed by atoms with Crippen molar-refractivity contribution in [3.8, 4) is 17.3 Å². The van der Waals surface area contributed by atoms with Gasteiger partial charge in [0.2, 0.25) is 5.91 Å². The molecule has 5 atom stereocenters. The highest BCUT2D eigenvalue weighted by Crippen LogP contribution is 2.42. The van der Waals surface area contributed by atoms with Gasteiger partial charge in [0.1, 0.15) is 41.8 Å². The highest BCUT2D eigenvalue weighted by Gasteiger charge is 2.49. The Morgan fingerprint density at radius 2 is 1.98 bits per heavy atom. The lowest BCUT2D eigenvalue weighted by Crippen LogP contribution is -2.43. The summed E-state index contributed by atoms with van der Waals surface area (Å²) in [4.78, 5) is 33.9. The molecule has 0 aliphatic carbocycles. The molecule has 0 saturated carbocycles. The summed E-state index contributed by atoms with van der Waals surface area (Å²) in [6.45, 7) is 2.12. The maximum absolute atomic E-state index is 16.8. The van der Waals surface area contributed by atoms with E-state index in [4.69, 9.17) is 16.3 Å². The van der Waals surface area contributed by atoms with E-state index in [9.17, 15) is 13.6 Å². The van der Waals surface area contributed by atoms with Crippen LogP contribution in [0.15, 0.2) is 48.7 Å². The normalized spacial score (nSPS) is 26.8. The number of rotatable bonds is 8. The number of hydrogen-bond donors (Lipinski definition) is 0. The van der Waals surface area contributed by atoms with E-state index in [0.717, 1.165) is 32.4 Å². The van der Waals surface area contributed by atoms with Crippen molar-refractivity contribution in [1.29, 1.82) is 0 Å². The number of likely N-dealkylation sites (N-methyl/N-ethyl adjacent to an activating group) is 2. The van der Waals surface area contributed by atoms with Crippen molar-refractivity contribution in [2.45, 2.75) is 55.6 Å². The standard InChI is InChI=1S/C37H38ClF4N7O2/c1-46-14-11-23(46)8-10-29(50)48-18-27(41)28(19-48)47(2)35-25-16-43-33(24-6-3-5-21-7-9-26(40)31(38)30(21)24)32(42)34(25)44-36(45-35)51-20-37-12-4-13-49(37)17-22(39)15-37/h3,5-10,16,22-23,27-28H,4,11-15,17-20H2,1-2H3/b10-8+/t22-,23+,27+,28+,37+/m1/s1. The van der Waals surface area contributed by atoms with Crippen LogP contribution in [0.2, 0.25) is 5.02 Å². The molecule has 0 unspecified atom stereocenters. The molecule has 4 saturated heterocycles. The van der Waals surface area contributed by atoms with Crippen molar-refractivity contribution in [2.24, 2.45) is 0 Å². The maximum Gasteiger partial charge on any atom is 0.319 e. The van der Waals surface area contributed by atoms with Gasteiger partial charge in [-0.3, -0.25) is 19.6 Å². The van der Waals surface area contributed by atoms with E-state index in [2.05, 4.69) is 24.8 Å². The molecule has 4 aliphatic rings. The van der Waals surface area contributed by atoms with E-state index in [1.54, 1.807) is 36.2 Å². The van der Waals surface area contributed by atoms with Gasteiger partial charge in [0.15, 0.2) is 5.82 Å². The average molecular weight is 724 g/mol. The number of ether oxygens (including phenoxy) is 1. The lowest BCUT2D eigenvalue weighted by Gasteiger charge is -2.35. The Balaban J connectivity index is 1.17. The summed E-state index contributed by atoms with van der Waals surface area (Å²) < 4.78 is 67.9. The Hall–Kier alpha value is -4.07. The zero-order valence-electron chi connectivity index (χ0n) is 28.3. The SMILES string of the molecule is CN1CC[C@@H]1/C=C/C(=O)N1C[C@H](F)[C@@H](N(C)c2nc(OC[C@@]34CCCN3C[C@H](F)C4)nc3c(F)c(-c4cccc5ccc(F)c(Cl)c45)ncc23)C1. The van der Waals surface area contributed by atoms with Crippen LogP contribution >= 0.6 is 11.6 Å². The van der Waals surface area contributed by atoms with Crippen LogP contribution < -0.4 is 9.64 Å². The first kappa shape index (κ1) is 34.0. The number of benzene rings is 2. The van der Waals surface area contributed by atoms with E-state index >= 15 is 8.78 Å². The number of hydrogen-bond acceptors (Lipinski definition) is 8. The van der Waals surface area contributed by atoms with E-state index in [-0.39, 0.29) is 70.7 Å². The second-order valence-corrected chi connectivity index (χ2v) is 14.7. The number of amides is 1. The van der Waals surface area contributed by atoms with Crippen LogP contribution in [0.25, 0.3) is 32.9 Å². The van der Waals surface area contributed by atoms with Crippen LogP contribution in [0.1, 0.15) is 25.7 Å². The molecule has 2 aromatic carbocycles. The van der Waals surface area contributed by atoms with Crippen molar-refractivity contribution in [3.05, 3.63) is 65.3 Å². The molecule has 8 rings (SSSR count). The fourth-order valence-corrected chi connectivity index (χ4v) is 8.50. The number of fused-ring (bicyclic) bond motifs is 3. The fourth-order valence-electron chi connectivity index (χ4n) is 8.22. The quantitative estimate of drug-likeness (QED) is 0.163. The van der Waals surface area contributed by atoms with Crippen LogP contribution in [-0.4, -0.2) is 119 Å². The minimum Gasteiger partial charge on any atom is -0.461 e. The Morgan fingerprint density at radius 1 is 1.14 bits per heavy atom. The highest BCUT2D eigenvalue weighted by molar-refractivity contribution is 6.36. The van der Waals surface area contributed by atoms with Crippen molar-refractivity contribution in [2.75, 3.05) is 58.3 Å². The van der Waals surface area contributed by atoms with E-state index < -0.39 is 35.6 Å². The smallest absolute Gasteiger partial charge is 0.319 e. The summed E-state index contributed by atoms with van der Waals surface area (Å²) in [5.74, 6) is -1.59. The van der Waals surface area contributed by atoms with Crippen molar-refractivity contribution < 1.29 is 27.1 Å². The number of likely N-dealkylation sites (tertiary alicyclic amines) is 2. The number of anilines is 1. The summed E-state index contributed by atoms with van der Waals surface area (Å²) in [6.07, 6.45) is 5.28. The molecule has 4 aliphatic heterocycles. The third kappa shape index (κ3) is 5.96. The van der Waals surface area contributed by atoms with E-state index in [1.165, 1.54) is 23.2 Å². The van der Waals surface area contributed by atoms with Crippen LogP contribution in [0.3, 0.4) is 0 Å². The third-order valence-electron chi connectivity index (χ3n) is 11.2. The Labute approximate surface area is 297 Å². The molecule has 0 spiro atoms. The Bertz CT molecular complexity index is 2050. The Morgan fingerprint density at radius 3 is 2.76 bits per heavy atom. The van der Waals surface area contributed by atoms with Crippen LogP contribution in [0, 0.1) is 11.6 Å². The van der Waals surface area contributed by atoms with Gasteiger partial charge in [-0.2, -0.15) is 9.97 Å². The molecule has 268 valence electrons. The number of pyridine rings is 1. The second-order valence-electron chi connectivity index (χ2n) is 14.3. The van der Waals surface area contributed by atoms with Gasteiger partial charge in [0.25, 0.3) is 0 Å². The second kappa shape index (κ2) is 13.2. The summed E-state index contributed by atoms with van der Waals surface area (Å²) in [5.41, 5.74) is -0.503. The van der Waals surface area contributed by atoms with Crippen molar-refractivity contribution in [3.63, 3.8) is 0 Å². The van der Waals surface area contributed by atoms with Gasteiger partial charge < -0.3 is 14.5 Å². The molecule has 0 radical (unpaired) electrons. The predicted octanol–water partition coefficient (Wildman–Crippen LogP) is 5.98. The summed E-state index contributed by atoms with van der Waals surface area (Å²) in [7, 11) is 3.62. The van der Waals surface area contributed by atoms with E-state index in [1.807, 2.05) is 13.1 Å². The lowest BCUT2D eigenvalue weighted by atomic mass is 9.95. The van der Waals surface area contributed by atoms with Gasteiger partial charge in [0, 0.05) is 62.4 Å². The molecule has 4 fully saturated rings. The molecule has 9 nitrogen and oxygen atoms in total. The molecule has 2 aromatic heterocycles. The van der Waals surface area contributed by atoms with Gasteiger partial charge in [-0.25, -0.2) is 17.6 Å². The number of aromatic nitrogens is 3. The first-order valence-corrected chi connectivity index (χ1v) is 17.7. The molecule has 4 aromatic rings. The Kier molecular flexibility index (Phi) is 8.79. The zero-order chi connectivity index (χ0) is 35.6. The highest BCUT2D eigenvalue weighted by atomic mass is 35.5.